The topological polar surface area (TPSA) is 90.4 Å². The minimum absolute atomic E-state index is 0.0636. The van der Waals surface area contributed by atoms with Crippen molar-refractivity contribution in [3.8, 4) is 0 Å². The van der Waals surface area contributed by atoms with Crippen LogP contribution in [0.1, 0.15) is 24.3 Å². The fourth-order valence-electron chi connectivity index (χ4n) is 0.895. The number of hydrogen-bond acceptors (Lipinski definition) is 4. The number of carbonyl (C=O) groups is 1. The minimum Gasteiger partial charge on any atom is -0.476 e. The van der Waals surface area contributed by atoms with Crippen LogP contribution in [0.5, 0.6) is 0 Å². The molecular formula is C8H13N3O3. The first-order chi connectivity index (χ1) is 6.50. The van der Waals surface area contributed by atoms with Gasteiger partial charge < -0.3 is 15.6 Å². The number of carboxylic acid groups (broad SMARTS) is 1. The van der Waals surface area contributed by atoms with Crippen LogP contribution in [0, 0.1) is 0 Å². The Labute approximate surface area is 81.3 Å². The molecule has 0 amide bonds. The number of rotatable bonds is 4. The van der Waals surface area contributed by atoms with Crippen molar-refractivity contribution in [3.05, 3.63) is 11.9 Å². The highest BCUT2D eigenvalue weighted by Gasteiger charge is 2.12. The molecule has 6 heteroatoms. The third-order valence-electron chi connectivity index (χ3n) is 1.53. The van der Waals surface area contributed by atoms with Crippen LogP contribution < -0.4 is 5.73 Å². The van der Waals surface area contributed by atoms with E-state index in [0.29, 0.717) is 0 Å². The number of aromatic carboxylic acids is 1. The molecule has 0 fully saturated rings. The Morgan fingerprint density at radius 2 is 2.43 bits per heavy atom. The Balaban J connectivity index is 2.71. The number of nitrogen functional groups attached to an aromatic ring is 1. The number of carboxylic acids is 1. The first-order valence-electron chi connectivity index (χ1n) is 4.18. The van der Waals surface area contributed by atoms with Crippen LogP contribution in [0.25, 0.3) is 0 Å². The number of aromatic nitrogens is 2. The first-order valence-corrected chi connectivity index (χ1v) is 4.18. The van der Waals surface area contributed by atoms with Crippen molar-refractivity contribution in [1.82, 2.24) is 9.78 Å². The van der Waals surface area contributed by atoms with E-state index < -0.39 is 5.97 Å². The summed E-state index contributed by atoms with van der Waals surface area (Å²) in [5.41, 5.74) is 5.43. The number of nitrogens with two attached hydrogens (primary N) is 1. The molecule has 78 valence electrons. The molecule has 0 aliphatic rings. The molecular weight excluding hydrogens is 186 g/mol. The van der Waals surface area contributed by atoms with Crippen molar-refractivity contribution < 1.29 is 14.6 Å². The first kappa shape index (κ1) is 10.5. The highest BCUT2D eigenvalue weighted by atomic mass is 16.5. The summed E-state index contributed by atoms with van der Waals surface area (Å²) in [5, 5.41) is 12.4. The van der Waals surface area contributed by atoms with Crippen LogP contribution in [0.4, 0.5) is 5.69 Å². The van der Waals surface area contributed by atoms with E-state index in [1.807, 2.05) is 13.8 Å². The van der Waals surface area contributed by atoms with E-state index >= 15 is 0 Å². The molecule has 0 bridgehead atoms. The average molecular weight is 199 g/mol. The summed E-state index contributed by atoms with van der Waals surface area (Å²) in [6.07, 6.45) is 1.50. The summed E-state index contributed by atoms with van der Waals surface area (Å²) < 4.78 is 6.59. The van der Waals surface area contributed by atoms with Gasteiger partial charge in [-0.2, -0.15) is 5.10 Å². The number of anilines is 1. The van der Waals surface area contributed by atoms with Gasteiger partial charge in [-0.15, -0.1) is 0 Å². The summed E-state index contributed by atoms with van der Waals surface area (Å²) in [7, 11) is 0. The van der Waals surface area contributed by atoms with E-state index in [4.69, 9.17) is 15.6 Å². The molecule has 0 saturated heterocycles. The quantitative estimate of drug-likeness (QED) is 0.738. The minimum atomic E-state index is -1.13. The predicted molar refractivity (Wildman–Crippen MR) is 49.8 cm³/mol. The van der Waals surface area contributed by atoms with Crippen molar-refractivity contribution in [2.45, 2.75) is 26.7 Å². The standard InChI is InChI=1S/C8H13N3O3/c1-5(2)14-4-11-3-6(9)7(10-11)8(12)13/h3,5H,4,9H2,1-2H3,(H,12,13). The van der Waals surface area contributed by atoms with Crippen molar-refractivity contribution in [2.75, 3.05) is 5.73 Å². The summed E-state index contributed by atoms with van der Waals surface area (Å²) in [6.45, 7) is 3.96. The maximum atomic E-state index is 10.6. The second-order valence-corrected chi connectivity index (χ2v) is 3.12. The van der Waals surface area contributed by atoms with Gasteiger partial charge in [0.1, 0.15) is 6.73 Å². The third-order valence-corrected chi connectivity index (χ3v) is 1.53. The molecule has 0 saturated carbocycles. The van der Waals surface area contributed by atoms with Gasteiger partial charge in [-0.1, -0.05) is 0 Å². The lowest BCUT2D eigenvalue weighted by Crippen LogP contribution is -2.09. The summed E-state index contributed by atoms with van der Waals surface area (Å²) in [4.78, 5) is 10.6. The molecule has 0 unspecified atom stereocenters. The van der Waals surface area contributed by atoms with Gasteiger partial charge in [0, 0.05) is 0 Å². The predicted octanol–water partition coefficient (Wildman–Crippen LogP) is 0.546. The lowest BCUT2D eigenvalue weighted by atomic mass is 10.4. The van der Waals surface area contributed by atoms with Crippen molar-refractivity contribution in [1.29, 1.82) is 0 Å². The van der Waals surface area contributed by atoms with E-state index in [0.717, 1.165) is 0 Å². The van der Waals surface area contributed by atoms with Crippen LogP contribution >= 0.6 is 0 Å². The van der Waals surface area contributed by atoms with Gasteiger partial charge >= 0.3 is 5.97 Å². The van der Waals surface area contributed by atoms with Crippen molar-refractivity contribution >= 4 is 11.7 Å². The molecule has 1 rings (SSSR count). The van der Waals surface area contributed by atoms with Crippen molar-refractivity contribution in [3.63, 3.8) is 0 Å². The fourth-order valence-corrected chi connectivity index (χ4v) is 0.895. The summed E-state index contributed by atoms with van der Waals surface area (Å²) in [5.74, 6) is -1.13. The highest BCUT2D eigenvalue weighted by Crippen LogP contribution is 2.08. The van der Waals surface area contributed by atoms with Crippen LogP contribution in [-0.4, -0.2) is 27.0 Å². The van der Waals surface area contributed by atoms with Crippen LogP contribution in [0.15, 0.2) is 6.20 Å². The normalized spacial score (nSPS) is 10.8. The highest BCUT2D eigenvalue weighted by molar-refractivity contribution is 5.90. The summed E-state index contributed by atoms with van der Waals surface area (Å²) >= 11 is 0. The molecule has 6 nitrogen and oxygen atoms in total. The zero-order valence-corrected chi connectivity index (χ0v) is 8.10. The van der Waals surface area contributed by atoms with E-state index in [9.17, 15) is 4.79 Å². The van der Waals surface area contributed by atoms with Crippen LogP contribution in [0.2, 0.25) is 0 Å². The lowest BCUT2D eigenvalue weighted by molar-refractivity contribution is 0.0217. The molecule has 0 aliphatic heterocycles. The number of hydrogen-bond donors (Lipinski definition) is 2. The summed E-state index contributed by atoms with van der Waals surface area (Å²) in [6, 6.07) is 0. The van der Waals surface area contributed by atoms with Gasteiger partial charge in [-0.25, -0.2) is 9.48 Å². The molecule has 0 aromatic carbocycles. The van der Waals surface area contributed by atoms with Gasteiger partial charge in [-0.05, 0) is 13.8 Å². The van der Waals surface area contributed by atoms with Gasteiger partial charge in [0.25, 0.3) is 0 Å². The Morgan fingerprint density at radius 1 is 1.79 bits per heavy atom. The molecule has 3 N–H and O–H groups in total. The van der Waals surface area contributed by atoms with Crippen LogP contribution in [0.3, 0.4) is 0 Å². The Hall–Kier alpha value is -1.56. The number of nitrogens with zero attached hydrogens (tertiary/aromatic N) is 2. The second kappa shape index (κ2) is 4.10. The molecule has 0 spiro atoms. The van der Waals surface area contributed by atoms with Crippen LogP contribution in [-0.2, 0) is 11.5 Å². The smallest absolute Gasteiger partial charge is 0.358 e. The third kappa shape index (κ3) is 2.46. The molecule has 1 heterocycles. The largest absolute Gasteiger partial charge is 0.476 e. The molecule has 0 radical (unpaired) electrons. The molecule has 1 aromatic heterocycles. The van der Waals surface area contributed by atoms with Gasteiger partial charge in [0.05, 0.1) is 18.0 Å². The van der Waals surface area contributed by atoms with E-state index in [1.165, 1.54) is 10.9 Å². The van der Waals surface area contributed by atoms with Gasteiger partial charge in [0.2, 0.25) is 0 Å². The maximum absolute atomic E-state index is 10.6. The average Bonchev–Trinajstić information content (AvgIpc) is 2.43. The molecule has 14 heavy (non-hydrogen) atoms. The Morgan fingerprint density at radius 3 is 2.86 bits per heavy atom. The molecule has 0 aliphatic carbocycles. The zero-order chi connectivity index (χ0) is 10.7. The van der Waals surface area contributed by atoms with Gasteiger partial charge in [-0.3, -0.25) is 0 Å². The van der Waals surface area contributed by atoms with Gasteiger partial charge in [0.15, 0.2) is 5.69 Å². The molecule has 0 atom stereocenters. The Bertz CT molecular complexity index is 333. The fraction of sp³-hybridized carbons (Fsp3) is 0.500. The lowest BCUT2D eigenvalue weighted by Gasteiger charge is -2.06. The monoisotopic (exact) mass is 199 g/mol. The molecule has 1 aromatic rings. The van der Waals surface area contributed by atoms with E-state index in [1.54, 1.807) is 0 Å². The van der Waals surface area contributed by atoms with E-state index in [-0.39, 0.29) is 24.2 Å². The zero-order valence-electron chi connectivity index (χ0n) is 8.10. The van der Waals surface area contributed by atoms with Crippen molar-refractivity contribution in [2.24, 2.45) is 0 Å². The SMILES string of the molecule is CC(C)OCn1cc(N)c(C(=O)O)n1. The maximum Gasteiger partial charge on any atom is 0.358 e. The Kier molecular flexibility index (Phi) is 3.08. The second-order valence-electron chi connectivity index (χ2n) is 3.12. The number of ether oxygens (including phenoxy) is 1. The van der Waals surface area contributed by atoms with E-state index in [2.05, 4.69) is 5.10 Å².